The highest BCUT2D eigenvalue weighted by Gasteiger charge is 2.31. The van der Waals surface area contributed by atoms with Crippen molar-refractivity contribution in [2.75, 3.05) is 13.2 Å². The van der Waals surface area contributed by atoms with Crippen LogP contribution in [-0.4, -0.2) is 30.7 Å². The molecule has 0 fully saturated rings. The lowest BCUT2D eigenvalue weighted by molar-refractivity contribution is -0.125. The molecule has 0 saturated heterocycles. The Hall–Kier alpha value is -0.610. The van der Waals surface area contributed by atoms with Gasteiger partial charge >= 0.3 is 0 Å². The molecule has 0 aliphatic rings. The summed E-state index contributed by atoms with van der Waals surface area (Å²) in [5.41, 5.74) is 4.77. The minimum absolute atomic E-state index is 0.0446. The molecule has 1 amide bonds. The van der Waals surface area contributed by atoms with Crippen molar-refractivity contribution < 1.29 is 9.53 Å². The molecule has 0 aliphatic heterocycles. The quantitative estimate of drug-likeness (QED) is 0.558. The Morgan fingerprint density at radius 1 is 1.33 bits per heavy atom. The Labute approximate surface area is 112 Å². The van der Waals surface area contributed by atoms with Crippen LogP contribution in [0.15, 0.2) is 0 Å². The molecule has 0 heterocycles. The number of amides is 1. The third-order valence-electron chi connectivity index (χ3n) is 3.21. The van der Waals surface area contributed by atoms with Gasteiger partial charge in [0, 0.05) is 13.0 Å². The second-order valence-corrected chi connectivity index (χ2v) is 5.17. The van der Waals surface area contributed by atoms with E-state index in [9.17, 15) is 4.79 Å². The lowest BCUT2D eigenvalue weighted by Crippen LogP contribution is -2.54. The number of unbranched alkanes of at least 4 members (excludes halogenated alkanes) is 3. The summed E-state index contributed by atoms with van der Waals surface area (Å²) in [7, 11) is 0. The van der Waals surface area contributed by atoms with Gasteiger partial charge in [-0.05, 0) is 26.8 Å². The van der Waals surface area contributed by atoms with Crippen molar-refractivity contribution in [3.8, 4) is 0 Å². The SMILES string of the molecule is CCCCCCOC(C)CC(C)(NCC)C(N)=O. The summed E-state index contributed by atoms with van der Waals surface area (Å²) in [6.45, 7) is 9.49. The second-order valence-electron chi connectivity index (χ2n) is 5.17. The summed E-state index contributed by atoms with van der Waals surface area (Å²) in [5, 5.41) is 3.15. The van der Waals surface area contributed by atoms with Gasteiger partial charge in [-0.15, -0.1) is 0 Å². The molecule has 108 valence electrons. The number of carbonyl (C=O) groups is 1. The summed E-state index contributed by atoms with van der Waals surface area (Å²) in [4.78, 5) is 11.5. The standard InChI is InChI=1S/C14H30N2O2/c1-5-7-8-9-10-18-12(3)11-14(4,13(15)17)16-6-2/h12,16H,5-11H2,1-4H3,(H2,15,17). The van der Waals surface area contributed by atoms with Crippen LogP contribution >= 0.6 is 0 Å². The summed E-state index contributed by atoms with van der Waals surface area (Å²) >= 11 is 0. The number of nitrogens with one attached hydrogen (secondary N) is 1. The average Bonchev–Trinajstić information content (AvgIpc) is 2.28. The van der Waals surface area contributed by atoms with Crippen molar-refractivity contribution in [2.24, 2.45) is 5.73 Å². The lowest BCUT2D eigenvalue weighted by atomic mass is 9.94. The number of rotatable bonds is 11. The summed E-state index contributed by atoms with van der Waals surface area (Å²) in [6, 6.07) is 0. The first-order valence-electron chi connectivity index (χ1n) is 7.12. The maximum atomic E-state index is 11.5. The van der Waals surface area contributed by atoms with Crippen LogP contribution in [0, 0.1) is 0 Å². The summed E-state index contributed by atoms with van der Waals surface area (Å²) in [5.74, 6) is -0.314. The lowest BCUT2D eigenvalue weighted by Gasteiger charge is -2.29. The fraction of sp³-hybridized carbons (Fsp3) is 0.929. The van der Waals surface area contributed by atoms with E-state index in [1.54, 1.807) is 0 Å². The van der Waals surface area contributed by atoms with Crippen LogP contribution in [0.1, 0.15) is 59.8 Å². The zero-order valence-corrected chi connectivity index (χ0v) is 12.4. The topological polar surface area (TPSA) is 64.3 Å². The van der Waals surface area contributed by atoms with Crippen molar-refractivity contribution in [3.05, 3.63) is 0 Å². The molecule has 4 heteroatoms. The van der Waals surface area contributed by atoms with E-state index in [0.29, 0.717) is 6.42 Å². The Morgan fingerprint density at radius 3 is 2.50 bits per heavy atom. The molecule has 0 bridgehead atoms. The van der Waals surface area contributed by atoms with Gasteiger partial charge in [0.25, 0.3) is 0 Å². The summed E-state index contributed by atoms with van der Waals surface area (Å²) in [6.07, 6.45) is 5.45. The van der Waals surface area contributed by atoms with Crippen molar-refractivity contribution >= 4 is 5.91 Å². The van der Waals surface area contributed by atoms with Crippen LogP contribution < -0.4 is 11.1 Å². The second kappa shape index (κ2) is 9.34. The molecule has 4 nitrogen and oxygen atoms in total. The number of nitrogens with two attached hydrogens (primary N) is 1. The number of hydrogen-bond acceptors (Lipinski definition) is 3. The van der Waals surface area contributed by atoms with E-state index in [2.05, 4.69) is 12.2 Å². The first-order chi connectivity index (χ1) is 8.46. The van der Waals surface area contributed by atoms with Crippen LogP contribution in [0.2, 0.25) is 0 Å². The first-order valence-corrected chi connectivity index (χ1v) is 7.12. The number of primary amides is 1. The molecule has 0 aromatic rings. The molecule has 18 heavy (non-hydrogen) atoms. The summed E-state index contributed by atoms with van der Waals surface area (Å²) < 4.78 is 5.73. The number of carbonyl (C=O) groups excluding carboxylic acids is 1. The van der Waals surface area contributed by atoms with Crippen LogP contribution in [0.25, 0.3) is 0 Å². The zero-order valence-electron chi connectivity index (χ0n) is 12.4. The van der Waals surface area contributed by atoms with Crippen LogP contribution in [-0.2, 0) is 9.53 Å². The smallest absolute Gasteiger partial charge is 0.237 e. The van der Waals surface area contributed by atoms with E-state index in [1.807, 2.05) is 20.8 Å². The fourth-order valence-corrected chi connectivity index (χ4v) is 2.10. The highest BCUT2D eigenvalue weighted by atomic mass is 16.5. The monoisotopic (exact) mass is 258 g/mol. The minimum atomic E-state index is -0.669. The number of hydrogen-bond donors (Lipinski definition) is 2. The van der Waals surface area contributed by atoms with Gasteiger partial charge in [0.05, 0.1) is 11.6 Å². The maximum Gasteiger partial charge on any atom is 0.237 e. The fourth-order valence-electron chi connectivity index (χ4n) is 2.10. The molecule has 0 rings (SSSR count). The highest BCUT2D eigenvalue weighted by Crippen LogP contribution is 2.14. The minimum Gasteiger partial charge on any atom is -0.378 e. The van der Waals surface area contributed by atoms with Gasteiger partial charge in [0.1, 0.15) is 0 Å². The van der Waals surface area contributed by atoms with Gasteiger partial charge in [-0.1, -0.05) is 33.1 Å². The number of ether oxygens (including phenoxy) is 1. The molecule has 2 atom stereocenters. The van der Waals surface area contributed by atoms with E-state index in [1.165, 1.54) is 19.3 Å². The van der Waals surface area contributed by atoms with Crippen LogP contribution in [0.4, 0.5) is 0 Å². The van der Waals surface area contributed by atoms with E-state index < -0.39 is 5.54 Å². The van der Waals surface area contributed by atoms with E-state index >= 15 is 0 Å². The average molecular weight is 258 g/mol. The van der Waals surface area contributed by atoms with Gasteiger partial charge in [-0.2, -0.15) is 0 Å². The Morgan fingerprint density at radius 2 is 2.00 bits per heavy atom. The third-order valence-corrected chi connectivity index (χ3v) is 3.21. The van der Waals surface area contributed by atoms with E-state index in [4.69, 9.17) is 10.5 Å². The van der Waals surface area contributed by atoms with Crippen LogP contribution in [0.5, 0.6) is 0 Å². The van der Waals surface area contributed by atoms with Crippen LogP contribution in [0.3, 0.4) is 0 Å². The largest absolute Gasteiger partial charge is 0.378 e. The van der Waals surface area contributed by atoms with Crippen molar-refractivity contribution in [1.29, 1.82) is 0 Å². The van der Waals surface area contributed by atoms with Gasteiger partial charge in [0.2, 0.25) is 5.91 Å². The molecular weight excluding hydrogens is 228 g/mol. The Balaban J connectivity index is 3.95. The Kier molecular flexibility index (Phi) is 9.02. The normalized spacial score (nSPS) is 16.2. The zero-order chi connectivity index (χ0) is 14.0. The van der Waals surface area contributed by atoms with Crippen molar-refractivity contribution in [3.63, 3.8) is 0 Å². The Bertz CT molecular complexity index is 234. The van der Waals surface area contributed by atoms with Crippen molar-refractivity contribution in [1.82, 2.24) is 5.32 Å². The predicted octanol–water partition coefficient (Wildman–Crippen LogP) is 2.22. The number of likely N-dealkylation sites (N-methyl/N-ethyl adjacent to an activating group) is 1. The van der Waals surface area contributed by atoms with Gasteiger partial charge < -0.3 is 15.8 Å². The molecule has 0 radical (unpaired) electrons. The molecule has 0 aromatic heterocycles. The molecule has 0 saturated carbocycles. The molecule has 0 spiro atoms. The highest BCUT2D eigenvalue weighted by molar-refractivity contribution is 5.84. The molecular formula is C14H30N2O2. The first kappa shape index (κ1) is 17.4. The van der Waals surface area contributed by atoms with Crippen molar-refractivity contribution in [2.45, 2.75) is 71.4 Å². The molecule has 2 unspecified atom stereocenters. The predicted molar refractivity (Wildman–Crippen MR) is 75.4 cm³/mol. The van der Waals surface area contributed by atoms with Gasteiger partial charge in [-0.25, -0.2) is 0 Å². The molecule has 0 aromatic carbocycles. The molecule has 0 aliphatic carbocycles. The maximum absolute atomic E-state index is 11.5. The van der Waals surface area contributed by atoms with Gasteiger partial charge in [0.15, 0.2) is 0 Å². The van der Waals surface area contributed by atoms with E-state index in [-0.39, 0.29) is 12.0 Å². The van der Waals surface area contributed by atoms with E-state index in [0.717, 1.165) is 19.6 Å². The third kappa shape index (κ3) is 6.97. The molecule has 3 N–H and O–H groups in total. The van der Waals surface area contributed by atoms with Gasteiger partial charge in [-0.3, -0.25) is 4.79 Å².